The van der Waals surface area contributed by atoms with Crippen LogP contribution in [0, 0.1) is 17.0 Å². The first kappa shape index (κ1) is 27.3. The first-order chi connectivity index (χ1) is 20.8. The maximum absolute atomic E-state index is 15.1. The van der Waals surface area contributed by atoms with Crippen LogP contribution in [0.15, 0.2) is 72.9 Å². The largest absolute Gasteiger partial charge is 0.491 e. The van der Waals surface area contributed by atoms with Crippen molar-refractivity contribution in [1.29, 1.82) is 0 Å². The van der Waals surface area contributed by atoms with Crippen LogP contribution in [-0.2, 0) is 14.3 Å². The third-order valence-corrected chi connectivity index (χ3v) is 8.39. The zero-order valence-electron chi connectivity index (χ0n) is 23.2. The van der Waals surface area contributed by atoms with Crippen LogP contribution in [0.4, 0.5) is 20.2 Å². The fourth-order valence-corrected chi connectivity index (χ4v) is 5.49. The van der Waals surface area contributed by atoms with Crippen molar-refractivity contribution in [1.82, 2.24) is 4.98 Å². The predicted octanol–water partition coefficient (Wildman–Crippen LogP) is 6.75. The van der Waals surface area contributed by atoms with Gasteiger partial charge in [0.05, 0.1) is 17.2 Å². The molecule has 43 heavy (non-hydrogen) atoms. The number of hydrogen-bond donors (Lipinski definition) is 2. The van der Waals surface area contributed by atoms with E-state index in [4.69, 9.17) is 14.2 Å². The topological polar surface area (TPSA) is 98.8 Å². The van der Waals surface area contributed by atoms with E-state index in [1.165, 1.54) is 36.4 Å². The van der Waals surface area contributed by atoms with Crippen LogP contribution in [0.2, 0.25) is 0 Å². The molecule has 1 spiro atoms. The number of hydrogen-bond acceptors (Lipinski definition) is 6. The minimum Gasteiger partial charge on any atom is -0.491 e. The molecule has 1 atom stereocenters. The Labute approximate surface area is 246 Å². The van der Waals surface area contributed by atoms with Gasteiger partial charge in [-0.15, -0.1) is 0 Å². The molecule has 7 rings (SSSR count). The Hall–Kier alpha value is -4.57. The number of rotatable bonds is 9. The predicted molar refractivity (Wildman–Crippen MR) is 155 cm³/mol. The molecule has 2 aliphatic carbocycles. The third kappa shape index (κ3) is 5.62. The summed E-state index contributed by atoms with van der Waals surface area (Å²) in [5.41, 5.74) is 0.0689. The number of fused-ring (bicyclic) bond motifs is 1. The molecule has 8 nitrogen and oxygen atoms in total. The highest BCUT2D eigenvalue weighted by Crippen LogP contribution is 2.50. The van der Waals surface area contributed by atoms with Crippen LogP contribution in [0.5, 0.6) is 17.2 Å². The minimum absolute atomic E-state index is 0.0339. The van der Waals surface area contributed by atoms with Crippen molar-refractivity contribution in [3.8, 4) is 17.2 Å². The Morgan fingerprint density at radius 1 is 0.860 bits per heavy atom. The van der Waals surface area contributed by atoms with Gasteiger partial charge in [-0.2, -0.15) is 0 Å². The second-order valence-corrected chi connectivity index (χ2v) is 11.5. The number of amides is 2. The van der Waals surface area contributed by atoms with Crippen molar-refractivity contribution < 1.29 is 32.6 Å². The number of nitrogens with one attached hydrogen (secondary N) is 2. The average molecular weight is 586 g/mol. The monoisotopic (exact) mass is 585 g/mol. The highest BCUT2D eigenvalue weighted by molar-refractivity contribution is 6.16. The molecule has 3 aliphatic rings. The van der Waals surface area contributed by atoms with Crippen LogP contribution in [0.25, 0.3) is 10.9 Å². The lowest BCUT2D eigenvalue weighted by atomic mass is 10.0. The minimum atomic E-state index is -1.26. The van der Waals surface area contributed by atoms with Crippen LogP contribution in [0.1, 0.15) is 38.5 Å². The molecule has 2 amide bonds. The van der Waals surface area contributed by atoms with Crippen molar-refractivity contribution in [2.45, 2.75) is 50.2 Å². The van der Waals surface area contributed by atoms with E-state index in [0.717, 1.165) is 31.7 Å². The van der Waals surface area contributed by atoms with E-state index in [0.29, 0.717) is 47.5 Å². The normalized spacial score (nSPS) is 19.2. The Morgan fingerprint density at radius 2 is 1.60 bits per heavy atom. The molecule has 220 valence electrons. The number of carbonyl (C=O) groups excluding carboxylic acids is 2. The number of carbonyl (C=O) groups is 2. The van der Waals surface area contributed by atoms with Crippen LogP contribution in [0.3, 0.4) is 0 Å². The van der Waals surface area contributed by atoms with Gasteiger partial charge in [0, 0.05) is 35.1 Å². The number of aromatic nitrogens is 1. The molecule has 2 saturated carbocycles. The second-order valence-electron chi connectivity index (χ2n) is 11.5. The number of nitrogens with zero attached hydrogens (tertiary/aromatic N) is 1. The summed E-state index contributed by atoms with van der Waals surface area (Å²) in [6.45, 7) is 0.484. The lowest BCUT2D eigenvalue weighted by Crippen LogP contribution is -2.35. The zero-order chi connectivity index (χ0) is 29.6. The van der Waals surface area contributed by atoms with Crippen LogP contribution >= 0.6 is 0 Å². The van der Waals surface area contributed by atoms with E-state index in [-0.39, 0.29) is 23.1 Å². The van der Waals surface area contributed by atoms with Gasteiger partial charge in [0.15, 0.2) is 11.6 Å². The summed E-state index contributed by atoms with van der Waals surface area (Å²) in [6.07, 6.45) is 6.78. The van der Waals surface area contributed by atoms with Crippen molar-refractivity contribution >= 4 is 34.1 Å². The van der Waals surface area contributed by atoms with E-state index < -0.39 is 28.9 Å². The Morgan fingerprint density at radius 3 is 2.30 bits per heavy atom. The van der Waals surface area contributed by atoms with Gasteiger partial charge in [-0.25, -0.2) is 8.78 Å². The van der Waals surface area contributed by atoms with E-state index in [9.17, 15) is 14.0 Å². The summed E-state index contributed by atoms with van der Waals surface area (Å²) in [7, 11) is 0. The molecular formula is C33H29F2N3O5. The fraction of sp³-hybridized carbons (Fsp3) is 0.303. The van der Waals surface area contributed by atoms with E-state index in [1.807, 2.05) is 18.2 Å². The van der Waals surface area contributed by atoms with E-state index >= 15 is 4.39 Å². The summed E-state index contributed by atoms with van der Waals surface area (Å²) in [5, 5.41) is 5.97. The molecule has 4 aromatic rings. The molecule has 0 bridgehead atoms. The van der Waals surface area contributed by atoms with Gasteiger partial charge in [-0.1, -0.05) is 0 Å². The number of ether oxygens (including phenoxy) is 3. The molecule has 3 fully saturated rings. The van der Waals surface area contributed by atoms with E-state index in [1.54, 1.807) is 12.3 Å². The highest BCUT2D eigenvalue weighted by atomic mass is 19.1. The van der Waals surface area contributed by atoms with Gasteiger partial charge in [-0.05, 0) is 93.1 Å². The van der Waals surface area contributed by atoms with Gasteiger partial charge in [-0.3, -0.25) is 14.6 Å². The van der Waals surface area contributed by atoms with Gasteiger partial charge >= 0.3 is 0 Å². The molecule has 1 aliphatic heterocycles. The van der Waals surface area contributed by atoms with Gasteiger partial charge in [0.25, 0.3) is 0 Å². The summed E-state index contributed by atoms with van der Waals surface area (Å²) >= 11 is 0. The van der Waals surface area contributed by atoms with Crippen molar-refractivity contribution in [3.05, 3.63) is 84.6 Å². The Kier molecular flexibility index (Phi) is 6.73. The van der Waals surface area contributed by atoms with Crippen molar-refractivity contribution in [3.63, 3.8) is 0 Å². The maximum atomic E-state index is 15.1. The summed E-state index contributed by atoms with van der Waals surface area (Å²) in [4.78, 5) is 30.2. The molecule has 2 heterocycles. The quantitative estimate of drug-likeness (QED) is 0.211. The lowest BCUT2D eigenvalue weighted by Gasteiger charge is -2.16. The second kappa shape index (κ2) is 10.6. The van der Waals surface area contributed by atoms with Crippen LogP contribution < -0.4 is 20.1 Å². The van der Waals surface area contributed by atoms with Gasteiger partial charge in [0.1, 0.15) is 29.3 Å². The van der Waals surface area contributed by atoms with E-state index in [2.05, 4.69) is 15.6 Å². The smallest absolute Gasteiger partial charge is 0.240 e. The lowest BCUT2D eigenvalue weighted by molar-refractivity contribution is -0.131. The van der Waals surface area contributed by atoms with Gasteiger partial charge < -0.3 is 24.8 Å². The Bertz CT molecular complexity index is 1720. The molecule has 0 radical (unpaired) electrons. The standard InChI is InChI=1S/C33H29F2N3O5/c34-20-1-3-21(4-2-20)37-30(39)33(14-15-33)31(40)38-22-5-8-29(26(35)17-22)42-28-10-16-36-27-18-23(6-7-25(27)28)41-19-24-9-11-32(43-24)12-13-32/h1-8,10,16-18,24H,9,11-15,19H2,(H,37,39)(H,38,40). The number of benzene rings is 3. The molecule has 1 aromatic heterocycles. The first-order valence-electron chi connectivity index (χ1n) is 14.4. The van der Waals surface area contributed by atoms with Crippen molar-refractivity contribution in [2.75, 3.05) is 17.2 Å². The zero-order valence-corrected chi connectivity index (χ0v) is 23.2. The summed E-state index contributed by atoms with van der Waals surface area (Å²) in [6, 6.07) is 16.5. The molecule has 1 saturated heterocycles. The van der Waals surface area contributed by atoms with Gasteiger partial charge in [0.2, 0.25) is 11.8 Å². The molecular weight excluding hydrogens is 556 g/mol. The number of pyridine rings is 1. The maximum Gasteiger partial charge on any atom is 0.240 e. The average Bonchev–Trinajstić information content (AvgIpc) is 3.92. The SMILES string of the molecule is O=C(Nc1ccc(F)cc1)C1(C(=O)Nc2ccc(Oc3ccnc4cc(OCC5CCC6(CC6)O5)ccc34)c(F)c2)CC1. The molecule has 10 heteroatoms. The number of halogens is 2. The van der Waals surface area contributed by atoms with Crippen molar-refractivity contribution in [2.24, 2.45) is 5.41 Å². The highest BCUT2D eigenvalue weighted by Gasteiger charge is 2.56. The third-order valence-electron chi connectivity index (χ3n) is 8.39. The molecule has 2 N–H and O–H groups in total. The first-order valence-corrected chi connectivity index (χ1v) is 14.4. The Balaban J connectivity index is 0.992. The summed E-state index contributed by atoms with van der Waals surface area (Å²) in [5.74, 6) is -1.10. The summed E-state index contributed by atoms with van der Waals surface area (Å²) < 4.78 is 46.3. The number of anilines is 2. The fourth-order valence-electron chi connectivity index (χ4n) is 5.49. The molecule has 1 unspecified atom stereocenters. The van der Waals surface area contributed by atoms with Crippen LogP contribution in [-0.4, -0.2) is 35.1 Å². The molecule has 3 aromatic carbocycles.